The second-order valence-corrected chi connectivity index (χ2v) is 4.73. The minimum Gasteiger partial charge on any atom is -0.399 e. The van der Waals surface area contributed by atoms with Crippen LogP contribution in [0.4, 0.5) is 10.1 Å². The lowest BCUT2D eigenvalue weighted by atomic mass is 10.2. The molecule has 0 heterocycles. The van der Waals surface area contributed by atoms with E-state index in [1.165, 1.54) is 6.07 Å². The zero-order valence-corrected chi connectivity index (χ0v) is 9.72. The maximum absolute atomic E-state index is 13.1. The molecule has 0 aliphatic rings. The van der Waals surface area contributed by atoms with Gasteiger partial charge >= 0.3 is 0 Å². The molecular formula is C13H12FNS. The van der Waals surface area contributed by atoms with E-state index in [-0.39, 0.29) is 5.82 Å². The first kappa shape index (κ1) is 11.0. The van der Waals surface area contributed by atoms with Crippen molar-refractivity contribution < 1.29 is 4.39 Å². The summed E-state index contributed by atoms with van der Waals surface area (Å²) < 4.78 is 13.1. The second kappa shape index (κ2) is 4.58. The summed E-state index contributed by atoms with van der Waals surface area (Å²) in [6.07, 6.45) is 0. The molecule has 82 valence electrons. The third-order valence-corrected chi connectivity index (χ3v) is 3.20. The molecule has 3 heteroatoms. The smallest absolute Gasteiger partial charge is 0.126 e. The zero-order valence-electron chi connectivity index (χ0n) is 8.91. The van der Waals surface area contributed by atoms with Crippen molar-refractivity contribution in [3.63, 3.8) is 0 Å². The third kappa shape index (κ3) is 2.55. The number of hydrogen-bond donors (Lipinski definition) is 1. The van der Waals surface area contributed by atoms with Crippen LogP contribution < -0.4 is 5.73 Å². The predicted molar refractivity (Wildman–Crippen MR) is 66.1 cm³/mol. The van der Waals surface area contributed by atoms with Crippen molar-refractivity contribution in [1.82, 2.24) is 0 Å². The third-order valence-electron chi connectivity index (χ3n) is 2.22. The van der Waals surface area contributed by atoms with E-state index in [0.29, 0.717) is 5.56 Å². The number of halogens is 1. The van der Waals surface area contributed by atoms with E-state index >= 15 is 0 Å². The molecule has 2 aromatic carbocycles. The van der Waals surface area contributed by atoms with Gasteiger partial charge in [-0.15, -0.1) is 0 Å². The number of benzene rings is 2. The molecule has 0 aliphatic heterocycles. The molecular weight excluding hydrogens is 221 g/mol. The first-order valence-corrected chi connectivity index (χ1v) is 5.76. The van der Waals surface area contributed by atoms with Gasteiger partial charge in [-0.05, 0) is 48.9 Å². The van der Waals surface area contributed by atoms with Crippen LogP contribution in [0.25, 0.3) is 0 Å². The molecule has 0 bridgehead atoms. The van der Waals surface area contributed by atoms with E-state index in [0.717, 1.165) is 15.5 Å². The number of hydrogen-bond acceptors (Lipinski definition) is 2. The number of aryl methyl sites for hydroxylation is 1. The largest absolute Gasteiger partial charge is 0.399 e. The summed E-state index contributed by atoms with van der Waals surface area (Å²) in [6, 6.07) is 12.8. The van der Waals surface area contributed by atoms with Gasteiger partial charge in [-0.2, -0.15) is 0 Å². The van der Waals surface area contributed by atoms with Crippen LogP contribution in [0.1, 0.15) is 5.56 Å². The molecule has 0 amide bonds. The SMILES string of the molecule is Cc1cc(Sc2cccc(N)c2)ccc1F. The van der Waals surface area contributed by atoms with Gasteiger partial charge in [0.2, 0.25) is 0 Å². The van der Waals surface area contributed by atoms with Crippen molar-refractivity contribution in [3.05, 3.63) is 53.8 Å². The Morgan fingerprint density at radius 1 is 1.06 bits per heavy atom. The van der Waals surface area contributed by atoms with Gasteiger partial charge in [0.1, 0.15) is 5.82 Å². The topological polar surface area (TPSA) is 26.0 Å². The lowest BCUT2D eigenvalue weighted by Gasteiger charge is -2.04. The average Bonchev–Trinajstić information content (AvgIpc) is 2.24. The Morgan fingerprint density at radius 3 is 2.50 bits per heavy atom. The Balaban J connectivity index is 2.24. The summed E-state index contributed by atoms with van der Waals surface area (Å²) >= 11 is 1.58. The van der Waals surface area contributed by atoms with Gasteiger partial charge in [0, 0.05) is 15.5 Å². The molecule has 0 radical (unpaired) electrons. The molecule has 0 aliphatic carbocycles. The fraction of sp³-hybridized carbons (Fsp3) is 0.0769. The average molecular weight is 233 g/mol. The van der Waals surface area contributed by atoms with Crippen molar-refractivity contribution in [3.8, 4) is 0 Å². The Hall–Kier alpha value is -1.48. The van der Waals surface area contributed by atoms with Crippen LogP contribution in [-0.2, 0) is 0 Å². The number of rotatable bonds is 2. The summed E-state index contributed by atoms with van der Waals surface area (Å²) in [6.45, 7) is 1.76. The molecule has 0 saturated heterocycles. The Morgan fingerprint density at radius 2 is 1.81 bits per heavy atom. The van der Waals surface area contributed by atoms with Crippen molar-refractivity contribution >= 4 is 17.4 Å². The van der Waals surface area contributed by atoms with Crippen LogP contribution in [0.3, 0.4) is 0 Å². The Labute approximate surface area is 98.5 Å². The Kier molecular flexibility index (Phi) is 3.15. The van der Waals surface area contributed by atoms with E-state index in [2.05, 4.69) is 0 Å². The molecule has 0 fully saturated rings. The van der Waals surface area contributed by atoms with Gasteiger partial charge in [0.15, 0.2) is 0 Å². The molecule has 2 rings (SSSR count). The monoisotopic (exact) mass is 233 g/mol. The van der Waals surface area contributed by atoms with Crippen molar-refractivity contribution in [1.29, 1.82) is 0 Å². The molecule has 2 N–H and O–H groups in total. The van der Waals surface area contributed by atoms with Gasteiger partial charge in [-0.3, -0.25) is 0 Å². The summed E-state index contributed by atoms with van der Waals surface area (Å²) in [5, 5.41) is 0. The van der Waals surface area contributed by atoms with E-state index < -0.39 is 0 Å². The first-order chi connectivity index (χ1) is 7.65. The molecule has 0 aromatic heterocycles. The predicted octanol–water partition coefficient (Wildman–Crippen LogP) is 3.87. The first-order valence-electron chi connectivity index (χ1n) is 4.95. The highest BCUT2D eigenvalue weighted by Gasteiger charge is 2.01. The number of nitrogens with two attached hydrogens (primary N) is 1. The van der Waals surface area contributed by atoms with Gasteiger partial charge in [-0.25, -0.2) is 4.39 Å². The molecule has 2 aromatic rings. The summed E-state index contributed by atoms with van der Waals surface area (Å²) in [5.74, 6) is -0.170. The molecule has 0 unspecified atom stereocenters. The Bertz CT molecular complexity index is 511. The molecule has 0 saturated carbocycles. The zero-order chi connectivity index (χ0) is 11.5. The van der Waals surface area contributed by atoms with Crippen LogP contribution in [0.15, 0.2) is 52.3 Å². The highest BCUT2D eigenvalue weighted by molar-refractivity contribution is 7.99. The van der Waals surface area contributed by atoms with E-state index in [4.69, 9.17) is 5.73 Å². The van der Waals surface area contributed by atoms with Crippen LogP contribution in [-0.4, -0.2) is 0 Å². The van der Waals surface area contributed by atoms with Crippen molar-refractivity contribution in [2.24, 2.45) is 0 Å². The summed E-state index contributed by atoms with van der Waals surface area (Å²) in [7, 11) is 0. The van der Waals surface area contributed by atoms with Gasteiger partial charge in [0.05, 0.1) is 0 Å². The summed E-state index contributed by atoms with van der Waals surface area (Å²) in [5.41, 5.74) is 7.09. The summed E-state index contributed by atoms with van der Waals surface area (Å²) in [4.78, 5) is 2.08. The lowest BCUT2D eigenvalue weighted by molar-refractivity contribution is 0.617. The van der Waals surface area contributed by atoms with Crippen molar-refractivity contribution in [2.75, 3.05) is 5.73 Å². The fourth-order valence-electron chi connectivity index (χ4n) is 1.39. The van der Waals surface area contributed by atoms with Crippen LogP contribution in [0.2, 0.25) is 0 Å². The normalized spacial score (nSPS) is 10.4. The lowest BCUT2D eigenvalue weighted by Crippen LogP contribution is -1.85. The molecule has 1 nitrogen and oxygen atoms in total. The number of anilines is 1. The van der Waals surface area contributed by atoms with Gasteiger partial charge in [-0.1, -0.05) is 17.8 Å². The minimum atomic E-state index is -0.170. The second-order valence-electron chi connectivity index (χ2n) is 3.59. The maximum atomic E-state index is 13.1. The van der Waals surface area contributed by atoms with Crippen molar-refractivity contribution in [2.45, 2.75) is 16.7 Å². The minimum absolute atomic E-state index is 0.170. The highest BCUT2D eigenvalue weighted by Crippen LogP contribution is 2.29. The standard InChI is InChI=1S/C13H12FNS/c1-9-7-12(5-6-13(9)14)16-11-4-2-3-10(15)8-11/h2-8H,15H2,1H3. The molecule has 0 spiro atoms. The van der Waals surface area contributed by atoms with Crippen LogP contribution in [0.5, 0.6) is 0 Å². The molecule has 0 atom stereocenters. The van der Waals surface area contributed by atoms with Gasteiger partial charge < -0.3 is 5.73 Å². The van der Waals surface area contributed by atoms with E-state index in [9.17, 15) is 4.39 Å². The molecule has 16 heavy (non-hydrogen) atoms. The number of nitrogen functional groups attached to an aromatic ring is 1. The van der Waals surface area contributed by atoms with Crippen LogP contribution in [0, 0.1) is 12.7 Å². The van der Waals surface area contributed by atoms with E-state index in [1.54, 1.807) is 24.8 Å². The van der Waals surface area contributed by atoms with Gasteiger partial charge in [0.25, 0.3) is 0 Å². The quantitative estimate of drug-likeness (QED) is 0.797. The van der Waals surface area contributed by atoms with E-state index in [1.807, 2.05) is 30.3 Å². The fourth-order valence-corrected chi connectivity index (χ4v) is 2.38. The maximum Gasteiger partial charge on any atom is 0.126 e. The van der Waals surface area contributed by atoms with Crippen LogP contribution >= 0.6 is 11.8 Å². The highest BCUT2D eigenvalue weighted by atomic mass is 32.2.